The molecular formula is C25H37FN4O2S. The first-order chi connectivity index (χ1) is 15.5. The van der Waals surface area contributed by atoms with Gasteiger partial charge in [0.05, 0.1) is 17.4 Å². The van der Waals surface area contributed by atoms with Gasteiger partial charge in [0.25, 0.3) is 0 Å². The third-order valence-electron chi connectivity index (χ3n) is 7.83. The number of nitrogens with zero attached hydrogens (tertiary/aromatic N) is 3. The molecule has 0 bridgehead atoms. The summed E-state index contributed by atoms with van der Waals surface area (Å²) in [5, 5.41) is 4.00. The molecule has 1 aromatic carbocycles. The van der Waals surface area contributed by atoms with Crippen molar-refractivity contribution in [3.8, 4) is 0 Å². The number of amidine groups is 1. The van der Waals surface area contributed by atoms with E-state index in [0.717, 1.165) is 36.2 Å². The van der Waals surface area contributed by atoms with E-state index in [1.807, 2.05) is 27.7 Å². The molecule has 8 heteroatoms. The van der Waals surface area contributed by atoms with Gasteiger partial charge in [0.2, 0.25) is 0 Å². The highest BCUT2D eigenvalue weighted by molar-refractivity contribution is 8.07. The van der Waals surface area contributed by atoms with Crippen LogP contribution in [0.2, 0.25) is 0 Å². The van der Waals surface area contributed by atoms with Gasteiger partial charge in [-0.2, -0.15) is 5.10 Å². The highest BCUT2D eigenvalue weighted by atomic mass is 32.2. The van der Waals surface area contributed by atoms with E-state index in [4.69, 9.17) is 4.99 Å². The fourth-order valence-electron chi connectivity index (χ4n) is 5.70. The second-order valence-corrected chi connectivity index (χ2v) is 12.8. The van der Waals surface area contributed by atoms with Crippen LogP contribution in [0.3, 0.4) is 0 Å². The number of halogens is 1. The van der Waals surface area contributed by atoms with Gasteiger partial charge in [-0.05, 0) is 87.2 Å². The molecule has 1 aromatic rings. The molecule has 2 heterocycles. The van der Waals surface area contributed by atoms with Gasteiger partial charge in [0, 0.05) is 5.54 Å². The Morgan fingerprint density at radius 2 is 1.73 bits per heavy atom. The predicted molar refractivity (Wildman–Crippen MR) is 133 cm³/mol. The highest BCUT2D eigenvalue weighted by Crippen LogP contribution is 2.43. The van der Waals surface area contributed by atoms with Gasteiger partial charge in [-0.15, -0.1) is 0 Å². The van der Waals surface area contributed by atoms with Crippen LogP contribution in [0.5, 0.6) is 0 Å². The number of benzene rings is 1. The minimum atomic E-state index is -3.48. The smallest absolute Gasteiger partial charge is 0.196 e. The lowest BCUT2D eigenvalue weighted by Crippen LogP contribution is -2.47. The highest BCUT2D eigenvalue weighted by Gasteiger charge is 2.45. The summed E-state index contributed by atoms with van der Waals surface area (Å²) in [6.45, 7) is 9.14. The van der Waals surface area contributed by atoms with E-state index in [0.29, 0.717) is 18.7 Å². The summed E-state index contributed by atoms with van der Waals surface area (Å²) in [6, 6.07) is 3.06. The van der Waals surface area contributed by atoms with Crippen molar-refractivity contribution in [1.29, 1.82) is 0 Å². The van der Waals surface area contributed by atoms with E-state index in [2.05, 4.69) is 22.5 Å². The molecule has 1 spiro atoms. The molecule has 0 unspecified atom stereocenters. The fraction of sp³-hybridized carbons (Fsp3) is 0.680. The van der Waals surface area contributed by atoms with Crippen LogP contribution in [-0.4, -0.2) is 48.6 Å². The zero-order valence-electron chi connectivity index (χ0n) is 20.5. The minimum absolute atomic E-state index is 0.0892. The first-order valence-corrected chi connectivity index (χ1v) is 13.8. The summed E-state index contributed by atoms with van der Waals surface area (Å²) in [4.78, 5) is 7.20. The van der Waals surface area contributed by atoms with Gasteiger partial charge in [0.15, 0.2) is 14.9 Å². The van der Waals surface area contributed by atoms with Crippen LogP contribution in [0.25, 0.3) is 0 Å². The Hall–Kier alpha value is -1.80. The van der Waals surface area contributed by atoms with E-state index in [1.54, 1.807) is 0 Å². The fourth-order valence-corrected chi connectivity index (χ4v) is 7.45. The number of rotatable bonds is 4. The number of hydrazone groups is 1. The standard InChI is InChI=1S/C25H37FN4O2S/c1-16(2)20-13-18(26)14-21(17(3)4)24(20)27-22-15-23(29-28-22)33(31,32)19-7-10-25(11-8-19)9-6-12-30(25)5/h13-14,16-17,19H,6-12,15H2,1-5H3,(H,27,28). The van der Waals surface area contributed by atoms with Crippen molar-refractivity contribution in [2.24, 2.45) is 10.1 Å². The van der Waals surface area contributed by atoms with Crippen molar-refractivity contribution in [3.63, 3.8) is 0 Å². The summed E-state index contributed by atoms with van der Waals surface area (Å²) in [7, 11) is -1.31. The summed E-state index contributed by atoms with van der Waals surface area (Å²) < 4.78 is 41.0. The normalized spacial score (nSPS) is 27.7. The summed E-state index contributed by atoms with van der Waals surface area (Å²) in [5.74, 6) is 0.415. The average Bonchev–Trinajstić information content (AvgIpc) is 3.37. The van der Waals surface area contributed by atoms with E-state index in [1.165, 1.54) is 25.0 Å². The molecule has 0 amide bonds. The summed E-state index contributed by atoms with van der Waals surface area (Å²) in [5.41, 5.74) is 5.42. The van der Waals surface area contributed by atoms with Crippen LogP contribution >= 0.6 is 0 Å². The Labute approximate surface area is 197 Å². The number of aliphatic imine (C=N–C) groups is 1. The lowest BCUT2D eigenvalue weighted by molar-refractivity contribution is 0.121. The molecule has 0 atom stereocenters. The van der Waals surface area contributed by atoms with Crippen LogP contribution in [0.1, 0.15) is 95.6 Å². The molecule has 0 aromatic heterocycles. The third-order valence-corrected chi connectivity index (χ3v) is 10.1. The largest absolute Gasteiger partial charge is 0.301 e. The van der Waals surface area contributed by atoms with Crippen molar-refractivity contribution >= 4 is 26.4 Å². The van der Waals surface area contributed by atoms with Crippen LogP contribution < -0.4 is 5.43 Å². The van der Waals surface area contributed by atoms with Crippen LogP contribution in [0, 0.1) is 5.82 Å². The molecule has 1 N–H and O–H groups in total. The lowest BCUT2D eigenvalue weighted by Gasteiger charge is -2.42. The Kier molecular flexibility index (Phi) is 6.71. The molecule has 3 aliphatic rings. The third kappa shape index (κ3) is 4.61. The van der Waals surface area contributed by atoms with Gasteiger partial charge < -0.3 is 4.90 Å². The first kappa shape index (κ1) is 24.3. The second kappa shape index (κ2) is 9.10. The number of nitrogens with one attached hydrogen (secondary N) is 1. The van der Waals surface area contributed by atoms with E-state index in [9.17, 15) is 12.8 Å². The molecule has 1 saturated heterocycles. The van der Waals surface area contributed by atoms with Crippen molar-refractivity contribution < 1.29 is 12.8 Å². The SMILES string of the molecule is CC(C)c1cc(F)cc(C(C)C)c1N=C1CC(S(=O)(=O)C2CCC3(CCCN3C)CC2)=NN1. The number of hydrogen-bond donors (Lipinski definition) is 1. The molecule has 0 radical (unpaired) electrons. The molecule has 2 fully saturated rings. The van der Waals surface area contributed by atoms with E-state index in [-0.39, 0.29) is 39.9 Å². The average molecular weight is 477 g/mol. The van der Waals surface area contributed by atoms with Gasteiger partial charge in [-0.25, -0.2) is 17.8 Å². The molecular weight excluding hydrogens is 439 g/mol. The van der Waals surface area contributed by atoms with Crippen LogP contribution in [-0.2, 0) is 9.84 Å². The molecule has 33 heavy (non-hydrogen) atoms. The number of hydrogen-bond acceptors (Lipinski definition) is 5. The summed E-state index contributed by atoms with van der Waals surface area (Å²) in [6.07, 6.45) is 5.76. The molecule has 182 valence electrons. The Morgan fingerprint density at radius 3 is 2.24 bits per heavy atom. The molecule has 1 saturated carbocycles. The molecule has 6 nitrogen and oxygen atoms in total. The van der Waals surface area contributed by atoms with E-state index < -0.39 is 9.84 Å². The maximum atomic E-state index is 14.2. The molecule has 2 aliphatic heterocycles. The van der Waals surface area contributed by atoms with Gasteiger partial charge in [-0.3, -0.25) is 5.43 Å². The Morgan fingerprint density at radius 1 is 1.12 bits per heavy atom. The van der Waals surface area contributed by atoms with Crippen molar-refractivity contribution in [2.75, 3.05) is 13.6 Å². The quantitative estimate of drug-likeness (QED) is 0.646. The maximum absolute atomic E-state index is 14.2. The van der Waals surface area contributed by atoms with Crippen molar-refractivity contribution in [1.82, 2.24) is 10.3 Å². The van der Waals surface area contributed by atoms with E-state index >= 15 is 0 Å². The Bertz CT molecular complexity index is 1040. The number of sulfone groups is 1. The zero-order chi connectivity index (χ0) is 24.0. The Balaban J connectivity index is 1.53. The van der Waals surface area contributed by atoms with Gasteiger partial charge in [0.1, 0.15) is 11.7 Å². The predicted octanol–water partition coefficient (Wildman–Crippen LogP) is 5.23. The van der Waals surface area contributed by atoms with Crippen molar-refractivity contribution in [3.05, 3.63) is 29.1 Å². The number of likely N-dealkylation sites (tertiary alicyclic amines) is 1. The van der Waals surface area contributed by atoms with Crippen LogP contribution in [0.4, 0.5) is 10.1 Å². The topological polar surface area (TPSA) is 74.1 Å². The van der Waals surface area contributed by atoms with Crippen LogP contribution in [0.15, 0.2) is 22.2 Å². The first-order valence-electron chi connectivity index (χ1n) is 12.2. The second-order valence-electron chi connectivity index (χ2n) is 10.6. The zero-order valence-corrected chi connectivity index (χ0v) is 21.3. The minimum Gasteiger partial charge on any atom is -0.301 e. The van der Waals surface area contributed by atoms with Gasteiger partial charge in [-0.1, -0.05) is 27.7 Å². The maximum Gasteiger partial charge on any atom is 0.196 e. The monoisotopic (exact) mass is 476 g/mol. The summed E-state index contributed by atoms with van der Waals surface area (Å²) >= 11 is 0. The molecule has 4 rings (SSSR count). The van der Waals surface area contributed by atoms with Crippen molar-refractivity contribution in [2.45, 2.75) is 95.3 Å². The van der Waals surface area contributed by atoms with Gasteiger partial charge >= 0.3 is 0 Å². The molecule has 1 aliphatic carbocycles. The lowest BCUT2D eigenvalue weighted by atomic mass is 9.80.